The van der Waals surface area contributed by atoms with E-state index < -0.39 is 46.4 Å². The average Bonchev–Trinajstić information content (AvgIpc) is 2.86. The van der Waals surface area contributed by atoms with Crippen LogP contribution in [0.15, 0.2) is 48.5 Å². The second-order valence-corrected chi connectivity index (χ2v) is 13.5. The first kappa shape index (κ1) is 27.9. The molecular weight excluding hydrogens is 508 g/mol. The molecule has 2 N–H and O–H groups in total. The van der Waals surface area contributed by atoms with Gasteiger partial charge in [0.1, 0.15) is 11.5 Å². The molecule has 2 aliphatic heterocycles. The Morgan fingerprint density at radius 2 is 1.00 bits per heavy atom. The molecule has 0 radical (unpaired) electrons. The number of nitrogens with one attached hydrogen (secondary N) is 2. The van der Waals surface area contributed by atoms with Crippen LogP contribution in [0.3, 0.4) is 0 Å². The molecule has 0 saturated heterocycles. The molecule has 1 fully saturated rings. The van der Waals surface area contributed by atoms with Gasteiger partial charge in [0.15, 0.2) is 11.6 Å². The molecule has 0 unspecified atom stereocenters. The third-order valence-electron chi connectivity index (χ3n) is 9.14. The third kappa shape index (κ3) is 3.71. The number of fused-ring (bicyclic) bond motifs is 6. The van der Waals surface area contributed by atoms with E-state index >= 15 is 0 Å². The zero-order chi connectivity index (χ0) is 29.4. The van der Waals surface area contributed by atoms with Gasteiger partial charge in [-0.3, -0.25) is 19.2 Å². The lowest BCUT2D eigenvalue weighted by molar-refractivity contribution is -0.240. The zero-order valence-electron chi connectivity index (χ0n) is 24.4. The standard InChI is InChI=1S/C32H38N2O6/c1-17(29(3,4)5)33-27(37)31-23(25(35)19-13-9-11-15-21(19)39-31)24-26(36)20-14-10-12-16-22(20)40-32(24,31)28(38)34-18(2)30(6,7)8/h9-18,23-24H,1-8H3,(H,33,37)(H,34,38)/t17-,18-,23+,24+,31+,32+/m1/s1. The molecule has 5 rings (SSSR count). The van der Waals surface area contributed by atoms with Gasteiger partial charge < -0.3 is 20.1 Å². The number of para-hydroxylation sites is 2. The van der Waals surface area contributed by atoms with E-state index in [1.165, 1.54) is 0 Å². The quantitative estimate of drug-likeness (QED) is 0.590. The molecule has 0 spiro atoms. The molecular formula is C32H38N2O6. The van der Waals surface area contributed by atoms with Crippen LogP contribution in [0.1, 0.15) is 76.1 Å². The summed E-state index contributed by atoms with van der Waals surface area (Å²) in [5, 5.41) is 6.02. The van der Waals surface area contributed by atoms with Crippen LogP contribution in [0.25, 0.3) is 0 Å². The first-order chi connectivity index (χ1) is 18.6. The maximum Gasteiger partial charge on any atom is 0.270 e. The Morgan fingerprint density at radius 1 is 0.675 bits per heavy atom. The van der Waals surface area contributed by atoms with Gasteiger partial charge in [-0.05, 0) is 48.9 Å². The van der Waals surface area contributed by atoms with E-state index in [2.05, 4.69) is 10.6 Å². The van der Waals surface area contributed by atoms with E-state index in [4.69, 9.17) is 9.47 Å². The fourth-order valence-corrected chi connectivity index (χ4v) is 5.74. The van der Waals surface area contributed by atoms with Gasteiger partial charge in [-0.15, -0.1) is 0 Å². The maximum absolute atomic E-state index is 14.5. The highest BCUT2D eigenvalue weighted by atomic mass is 16.6. The Morgan fingerprint density at radius 3 is 1.32 bits per heavy atom. The van der Waals surface area contributed by atoms with Gasteiger partial charge in [0.25, 0.3) is 11.8 Å². The molecule has 2 heterocycles. The van der Waals surface area contributed by atoms with E-state index in [1.807, 2.05) is 55.4 Å². The molecule has 6 atom stereocenters. The first-order valence-corrected chi connectivity index (χ1v) is 13.8. The lowest BCUT2D eigenvalue weighted by Gasteiger charge is -2.65. The minimum atomic E-state index is -2.12. The summed E-state index contributed by atoms with van der Waals surface area (Å²) in [6, 6.07) is 12.5. The number of carbonyl (C=O) groups excluding carboxylic acids is 4. The van der Waals surface area contributed by atoms with Crippen LogP contribution >= 0.6 is 0 Å². The second kappa shape index (κ2) is 8.91. The molecule has 1 saturated carbocycles. The molecule has 0 bridgehead atoms. The number of amides is 2. The van der Waals surface area contributed by atoms with E-state index in [0.29, 0.717) is 0 Å². The normalized spacial score (nSPS) is 28.2. The fourth-order valence-electron chi connectivity index (χ4n) is 5.74. The molecule has 3 aliphatic rings. The summed E-state index contributed by atoms with van der Waals surface area (Å²) in [6.45, 7) is 15.6. The van der Waals surface area contributed by atoms with Gasteiger partial charge in [-0.2, -0.15) is 0 Å². The summed E-state index contributed by atoms with van der Waals surface area (Å²) in [6.07, 6.45) is 0. The van der Waals surface area contributed by atoms with E-state index in [1.54, 1.807) is 48.5 Å². The highest BCUT2D eigenvalue weighted by molar-refractivity contribution is 6.20. The van der Waals surface area contributed by atoms with Crippen LogP contribution in [-0.4, -0.2) is 46.7 Å². The number of carbonyl (C=O) groups is 4. The molecule has 40 heavy (non-hydrogen) atoms. The summed E-state index contributed by atoms with van der Waals surface area (Å²) < 4.78 is 13.0. The SMILES string of the molecule is C[C@@H](NC(=O)[C@@]12Oc3ccccc3C(=O)[C@@H]1[C@H]1C(=O)c3ccccc3O[C@]12C(=O)N[C@H](C)C(C)(C)C)C(C)(C)C. The summed E-state index contributed by atoms with van der Waals surface area (Å²) in [7, 11) is 0. The van der Waals surface area contributed by atoms with E-state index in [9.17, 15) is 19.2 Å². The molecule has 8 nitrogen and oxygen atoms in total. The number of ketones is 2. The number of ether oxygens (including phenoxy) is 2. The van der Waals surface area contributed by atoms with E-state index in [0.717, 1.165) is 0 Å². The number of Topliss-reactive ketones (excluding diaryl/α,β-unsaturated/α-hetero) is 2. The number of hydrogen-bond acceptors (Lipinski definition) is 6. The number of rotatable bonds is 4. The lowest BCUT2D eigenvalue weighted by Crippen LogP contribution is -2.92. The first-order valence-electron chi connectivity index (χ1n) is 13.8. The largest absolute Gasteiger partial charge is 0.471 e. The van der Waals surface area contributed by atoms with Crippen LogP contribution < -0.4 is 20.1 Å². The molecule has 2 aromatic rings. The fraction of sp³-hybridized carbons (Fsp3) is 0.500. The van der Waals surface area contributed by atoms with Gasteiger partial charge in [0, 0.05) is 12.1 Å². The molecule has 0 aromatic heterocycles. The van der Waals surface area contributed by atoms with Crippen molar-refractivity contribution in [3.05, 3.63) is 59.7 Å². The predicted molar refractivity (Wildman–Crippen MR) is 149 cm³/mol. The van der Waals surface area contributed by atoms with Crippen molar-refractivity contribution in [1.29, 1.82) is 0 Å². The molecule has 1 aliphatic carbocycles. The average molecular weight is 547 g/mol. The number of benzene rings is 2. The van der Waals surface area contributed by atoms with Crippen molar-refractivity contribution in [3.63, 3.8) is 0 Å². The van der Waals surface area contributed by atoms with Crippen molar-refractivity contribution in [2.45, 2.75) is 78.7 Å². The Hall–Kier alpha value is -3.68. The van der Waals surface area contributed by atoms with Crippen molar-refractivity contribution in [3.8, 4) is 11.5 Å². The van der Waals surface area contributed by atoms with Gasteiger partial charge >= 0.3 is 0 Å². The van der Waals surface area contributed by atoms with Crippen molar-refractivity contribution in [2.24, 2.45) is 22.7 Å². The third-order valence-corrected chi connectivity index (χ3v) is 9.14. The summed E-state index contributed by atoms with van der Waals surface area (Å²) in [4.78, 5) is 57.3. The van der Waals surface area contributed by atoms with Crippen molar-refractivity contribution >= 4 is 23.4 Å². The van der Waals surface area contributed by atoms with E-state index in [-0.39, 0.29) is 45.5 Å². The Kier molecular flexibility index (Phi) is 6.21. The summed E-state index contributed by atoms with van der Waals surface area (Å²) in [5.41, 5.74) is -4.38. The lowest BCUT2D eigenvalue weighted by atomic mass is 9.44. The number of hydrogen-bond donors (Lipinski definition) is 2. The second-order valence-electron chi connectivity index (χ2n) is 13.5. The van der Waals surface area contributed by atoms with Gasteiger partial charge in [-0.1, -0.05) is 65.8 Å². The van der Waals surface area contributed by atoms with Crippen molar-refractivity contribution in [1.82, 2.24) is 10.6 Å². The minimum absolute atomic E-state index is 0.173. The smallest absolute Gasteiger partial charge is 0.270 e. The molecule has 2 amide bonds. The van der Waals surface area contributed by atoms with Crippen LogP contribution in [0.4, 0.5) is 0 Å². The molecule has 8 heteroatoms. The summed E-state index contributed by atoms with van der Waals surface area (Å²) >= 11 is 0. The van der Waals surface area contributed by atoms with Gasteiger partial charge in [0.2, 0.25) is 11.2 Å². The maximum atomic E-state index is 14.5. The van der Waals surface area contributed by atoms with Crippen LogP contribution in [0.2, 0.25) is 0 Å². The van der Waals surface area contributed by atoms with Crippen molar-refractivity contribution in [2.75, 3.05) is 0 Å². The highest BCUT2D eigenvalue weighted by Gasteiger charge is 2.89. The highest BCUT2D eigenvalue weighted by Crippen LogP contribution is 2.64. The van der Waals surface area contributed by atoms with Crippen LogP contribution in [0.5, 0.6) is 11.5 Å². The Balaban J connectivity index is 1.76. The molecule has 212 valence electrons. The Labute approximate surface area is 235 Å². The van der Waals surface area contributed by atoms with Gasteiger partial charge in [0.05, 0.1) is 23.0 Å². The zero-order valence-corrected chi connectivity index (χ0v) is 24.4. The van der Waals surface area contributed by atoms with Crippen LogP contribution in [0, 0.1) is 22.7 Å². The molecule has 2 aromatic carbocycles. The summed E-state index contributed by atoms with van der Waals surface area (Å²) in [5.74, 6) is -4.34. The monoisotopic (exact) mass is 546 g/mol. The van der Waals surface area contributed by atoms with Gasteiger partial charge in [-0.25, -0.2) is 0 Å². The minimum Gasteiger partial charge on any atom is -0.471 e. The van der Waals surface area contributed by atoms with Crippen LogP contribution in [-0.2, 0) is 9.59 Å². The topological polar surface area (TPSA) is 111 Å². The Bertz CT molecular complexity index is 1310. The van der Waals surface area contributed by atoms with Crippen molar-refractivity contribution < 1.29 is 28.7 Å². The predicted octanol–water partition coefficient (Wildman–Crippen LogP) is 4.36.